The average molecular weight is 1080 g/mol. The molecule has 1 unspecified atom stereocenters. The van der Waals surface area contributed by atoms with Gasteiger partial charge in [0.05, 0.1) is 49.2 Å². The number of aromatic hydroxyl groups is 1. The fourth-order valence-corrected chi connectivity index (χ4v) is 4.81. The van der Waals surface area contributed by atoms with Crippen LogP contribution in [0.25, 0.3) is 5.59 Å². The number of carbonyl (C=O) groups is 3. The van der Waals surface area contributed by atoms with Gasteiger partial charge in [0.25, 0.3) is 0 Å². The van der Waals surface area contributed by atoms with E-state index in [1.54, 1.807) is 44.2 Å². The van der Waals surface area contributed by atoms with Gasteiger partial charge in [0, 0.05) is 25.9 Å². The Bertz CT molecular complexity index is 1740. The molecule has 3 aromatic rings. The summed E-state index contributed by atoms with van der Waals surface area (Å²) in [6.07, 6.45) is -11.7. The predicted molar refractivity (Wildman–Crippen MR) is 230 cm³/mol. The van der Waals surface area contributed by atoms with Gasteiger partial charge in [-0.05, 0) is 112 Å². The van der Waals surface area contributed by atoms with Gasteiger partial charge in [-0.25, -0.2) is 14.4 Å². The first-order valence-corrected chi connectivity index (χ1v) is 21.2. The van der Waals surface area contributed by atoms with E-state index in [9.17, 15) is 53.9 Å². The molecule has 0 bridgehead atoms. The third-order valence-corrected chi connectivity index (χ3v) is 8.04. The molecule has 0 saturated carbocycles. The molecule has 1 fully saturated rings. The first-order valence-electron chi connectivity index (χ1n) is 19.7. The van der Waals surface area contributed by atoms with Crippen molar-refractivity contribution in [3.63, 3.8) is 0 Å². The van der Waals surface area contributed by atoms with Crippen LogP contribution in [0.5, 0.6) is 17.2 Å². The van der Waals surface area contributed by atoms with Crippen LogP contribution in [0, 0.1) is 0 Å². The Balaban J connectivity index is -0.000000772. The summed E-state index contributed by atoms with van der Waals surface area (Å²) in [7, 11) is 0. The van der Waals surface area contributed by atoms with Crippen molar-refractivity contribution in [1.29, 1.82) is 0 Å². The van der Waals surface area contributed by atoms with Gasteiger partial charge in [0.1, 0.15) is 17.2 Å². The maximum Gasteiger partial charge on any atom is 1.00 e. The maximum absolute atomic E-state index is 11.9. The number of benzene rings is 3. The Kier molecular flexibility index (Phi) is 38.8. The van der Waals surface area contributed by atoms with Crippen LogP contribution >= 0.6 is 22.6 Å². The number of carboxylic acid groups (broad SMARTS) is 1. The molecule has 0 spiro atoms. The first-order chi connectivity index (χ1) is 30.4. The minimum absolute atomic E-state index is 0. The summed E-state index contributed by atoms with van der Waals surface area (Å²) < 4.78 is 130. The van der Waals surface area contributed by atoms with Gasteiger partial charge < -0.3 is 50.5 Å². The number of ether oxygens (including phenoxy) is 5. The standard InChI is InChI=1S/C13H15F3O3.C11H11F3O3.C9H10O3.C5H10O.C4H6F3I.H3N2O.Na/c1-2-18-12(17)10-5-3-6-11(9-10)19-8-4-7-13(14,15)16;12-11(13,14)5-2-6-17-9-4-1-3-8(7-9)10(15)16;1-2-12-9(11)7-4-3-5-8(10)6-7;1-5-3-2-4-6-5;5-4(6,7)2-1-3-8;1-2-3;/h3,5-6,9H,2,4,7-8H2,1H3;1,3-4,7H,2,5-6H2,(H,15,16);3-6,10H,2H2,1H3;5H,2-4H2,1H3;1-3H2;3H,1H2;/q;;;;;-1;+1. The largest absolute Gasteiger partial charge is 1.00 e. The molecular weight excluding hydrogens is 1030 g/mol. The Morgan fingerprint density at radius 2 is 1.12 bits per heavy atom. The molecule has 24 heteroatoms. The van der Waals surface area contributed by atoms with E-state index in [1.807, 2.05) is 28.2 Å². The number of carbonyl (C=O) groups excluding carboxylic acids is 2. The summed E-state index contributed by atoms with van der Waals surface area (Å²) in [6.45, 7) is 6.99. The number of phenolic OH excluding ortho intramolecular Hbond substituents is 1. The number of phenols is 1. The van der Waals surface area contributed by atoms with Gasteiger partial charge in [-0.1, -0.05) is 40.8 Å². The number of hydrogen-bond acceptors (Lipinski definition) is 11. The minimum atomic E-state index is -4.19. The number of hydrogen-bond donors (Lipinski definition) is 4. The maximum atomic E-state index is 11.9. The van der Waals surface area contributed by atoms with Crippen LogP contribution in [0.1, 0.15) is 103 Å². The van der Waals surface area contributed by atoms with Gasteiger partial charge >= 0.3 is 66.0 Å². The van der Waals surface area contributed by atoms with E-state index in [-0.39, 0.29) is 85.7 Å². The van der Waals surface area contributed by atoms with Gasteiger partial charge in [0.15, 0.2) is 0 Å². The number of nitrogens with zero attached hydrogens (tertiary/aromatic N) is 1. The van der Waals surface area contributed by atoms with Crippen molar-refractivity contribution < 1.29 is 123 Å². The molecule has 1 atom stereocenters. The molecule has 1 saturated heterocycles. The monoisotopic (exact) mass is 1080 g/mol. The van der Waals surface area contributed by atoms with Crippen LogP contribution in [0.15, 0.2) is 72.8 Å². The normalized spacial score (nSPS) is 12.7. The third-order valence-electron chi connectivity index (χ3n) is 7.28. The summed E-state index contributed by atoms with van der Waals surface area (Å²) in [5.74, 6) is 2.71. The van der Waals surface area contributed by atoms with E-state index in [2.05, 4.69) is 12.8 Å². The number of alkyl halides is 10. The molecule has 0 amide bonds. The fourth-order valence-electron chi connectivity index (χ4n) is 4.42. The van der Waals surface area contributed by atoms with E-state index in [4.69, 9.17) is 39.1 Å². The number of aromatic carboxylic acids is 1. The number of halogens is 10. The summed E-state index contributed by atoms with van der Waals surface area (Å²) >= 11 is 1.93. The molecule has 3 aromatic carbocycles. The Morgan fingerprint density at radius 3 is 1.44 bits per heavy atom. The zero-order chi connectivity index (χ0) is 49.9. The second kappa shape index (κ2) is 38.4. The van der Waals surface area contributed by atoms with E-state index in [0.29, 0.717) is 34.0 Å². The van der Waals surface area contributed by atoms with Crippen molar-refractivity contribution in [1.82, 2.24) is 0 Å². The molecule has 1 heterocycles. The third kappa shape index (κ3) is 40.7. The molecule has 1 aliphatic rings. The molecule has 4 rings (SSSR count). The summed E-state index contributed by atoms with van der Waals surface area (Å²) in [5, 5.41) is 24.7. The van der Waals surface area contributed by atoms with Gasteiger partial charge in [-0.2, -0.15) is 39.5 Å². The quantitative estimate of drug-likeness (QED) is 0.0165. The molecule has 370 valence electrons. The summed E-state index contributed by atoms with van der Waals surface area (Å²) in [4.78, 5) is 33.1. The second-order valence-electron chi connectivity index (χ2n) is 12.8. The van der Waals surface area contributed by atoms with E-state index in [1.165, 1.54) is 55.3 Å². The SMILES string of the molecule is CC1CCCO1.CCOC(=O)c1cccc(O)c1.CCOC(=O)c1cccc(OCCCC(F)(F)F)c1.FC(F)(F)CCCI.N[N-]O.O=C(O)c1cccc(OCCCC(F)(F)F)c1.[Na+]. The number of nitrogens with two attached hydrogens (primary N) is 1. The second-order valence-corrected chi connectivity index (χ2v) is 13.9. The number of esters is 2. The first kappa shape index (κ1) is 66.7. The van der Waals surface area contributed by atoms with Crippen molar-refractivity contribution in [2.45, 2.75) is 96.8 Å². The van der Waals surface area contributed by atoms with Crippen LogP contribution in [0.4, 0.5) is 39.5 Å². The number of carboxylic acids is 1. The van der Waals surface area contributed by atoms with Crippen LogP contribution < -0.4 is 44.9 Å². The van der Waals surface area contributed by atoms with Crippen molar-refractivity contribution in [3.8, 4) is 17.2 Å². The Morgan fingerprint density at radius 1 is 0.727 bits per heavy atom. The van der Waals surface area contributed by atoms with E-state index < -0.39 is 55.7 Å². The number of rotatable bonds is 15. The zero-order valence-corrected chi connectivity index (χ0v) is 41.0. The van der Waals surface area contributed by atoms with Crippen LogP contribution in [-0.4, -0.2) is 95.4 Å². The van der Waals surface area contributed by atoms with Crippen molar-refractivity contribution in [2.24, 2.45) is 5.84 Å². The van der Waals surface area contributed by atoms with Crippen molar-refractivity contribution in [2.75, 3.05) is 37.5 Å². The van der Waals surface area contributed by atoms with E-state index in [0.717, 1.165) is 6.61 Å². The molecular formula is C42H55F9IN2NaO11. The van der Waals surface area contributed by atoms with Crippen LogP contribution in [0.2, 0.25) is 0 Å². The molecule has 1 aliphatic heterocycles. The summed E-state index contributed by atoms with van der Waals surface area (Å²) in [6, 6.07) is 17.9. The van der Waals surface area contributed by atoms with Crippen LogP contribution in [0.3, 0.4) is 0 Å². The molecule has 13 nitrogen and oxygen atoms in total. The average Bonchev–Trinajstić information content (AvgIpc) is 3.72. The van der Waals surface area contributed by atoms with E-state index >= 15 is 0 Å². The summed E-state index contributed by atoms with van der Waals surface area (Å²) in [5.41, 5.74) is 2.73. The molecule has 0 aliphatic carbocycles. The fraction of sp³-hybridized carbons (Fsp3) is 0.500. The smallest absolute Gasteiger partial charge is 0.508 e. The van der Waals surface area contributed by atoms with Gasteiger partial charge in [0.2, 0.25) is 0 Å². The zero-order valence-electron chi connectivity index (χ0n) is 36.8. The molecule has 66 heavy (non-hydrogen) atoms. The minimum Gasteiger partial charge on any atom is -0.508 e. The van der Waals surface area contributed by atoms with Gasteiger partial charge in [-0.3, -0.25) is 0 Å². The Labute approximate surface area is 413 Å². The van der Waals surface area contributed by atoms with Crippen molar-refractivity contribution >= 4 is 40.5 Å². The van der Waals surface area contributed by atoms with Crippen LogP contribution in [-0.2, 0) is 14.2 Å². The van der Waals surface area contributed by atoms with Gasteiger partial charge in [-0.15, -0.1) is 0 Å². The molecule has 5 N–H and O–H groups in total. The molecule has 0 radical (unpaired) electrons. The van der Waals surface area contributed by atoms with Crippen molar-refractivity contribution in [3.05, 3.63) is 95.1 Å². The predicted octanol–water partition coefficient (Wildman–Crippen LogP) is 8.84. The Hall–Kier alpha value is -3.59. The molecule has 0 aromatic heterocycles. The topological polar surface area (TPSA) is 198 Å².